The average molecular weight is 255 g/mol. The number of nitrogen functional groups attached to an aromatic ring is 1. The molecule has 0 spiro atoms. The second kappa shape index (κ2) is 6.34. The molecule has 6 heteroatoms. The molecule has 3 N–H and O–H groups in total. The van der Waals surface area contributed by atoms with Crippen molar-refractivity contribution in [3.05, 3.63) is 28.3 Å². The highest BCUT2D eigenvalue weighted by atomic mass is 32.2. The van der Waals surface area contributed by atoms with Crippen molar-refractivity contribution < 1.29 is 4.92 Å². The van der Waals surface area contributed by atoms with E-state index in [1.807, 2.05) is 0 Å². The summed E-state index contributed by atoms with van der Waals surface area (Å²) in [6.45, 7) is 2.08. The van der Waals surface area contributed by atoms with Crippen molar-refractivity contribution in [3.63, 3.8) is 0 Å². The Balaban J connectivity index is 2.67. The molecule has 0 aromatic heterocycles. The quantitative estimate of drug-likeness (QED) is 0.464. The molecule has 94 valence electrons. The summed E-state index contributed by atoms with van der Waals surface area (Å²) in [5.41, 5.74) is 6.58. The van der Waals surface area contributed by atoms with E-state index in [-0.39, 0.29) is 11.4 Å². The molecule has 0 radical (unpaired) electrons. The van der Waals surface area contributed by atoms with Crippen molar-refractivity contribution >= 4 is 28.8 Å². The first kappa shape index (κ1) is 13.6. The van der Waals surface area contributed by atoms with E-state index >= 15 is 0 Å². The van der Waals surface area contributed by atoms with Crippen LogP contribution in [0.4, 0.5) is 17.1 Å². The van der Waals surface area contributed by atoms with Crippen LogP contribution in [0.15, 0.2) is 18.2 Å². The molecule has 1 atom stereocenters. The molecule has 1 rings (SSSR count). The van der Waals surface area contributed by atoms with Crippen LogP contribution in [-0.4, -0.2) is 23.0 Å². The average Bonchev–Trinajstić information content (AvgIpc) is 2.26. The van der Waals surface area contributed by atoms with Gasteiger partial charge in [-0.3, -0.25) is 10.1 Å². The fraction of sp³-hybridized carbons (Fsp3) is 0.455. The van der Waals surface area contributed by atoms with Crippen LogP contribution < -0.4 is 11.1 Å². The number of nitro groups is 1. The number of benzene rings is 1. The highest BCUT2D eigenvalue weighted by molar-refractivity contribution is 7.98. The molecule has 0 fully saturated rings. The van der Waals surface area contributed by atoms with Crippen molar-refractivity contribution in [1.82, 2.24) is 0 Å². The number of thioether (sulfide) groups is 1. The lowest BCUT2D eigenvalue weighted by Gasteiger charge is -2.14. The van der Waals surface area contributed by atoms with Gasteiger partial charge in [-0.2, -0.15) is 11.8 Å². The Morgan fingerprint density at radius 1 is 1.59 bits per heavy atom. The van der Waals surface area contributed by atoms with Gasteiger partial charge < -0.3 is 11.1 Å². The summed E-state index contributed by atoms with van der Waals surface area (Å²) < 4.78 is 0. The fourth-order valence-electron chi connectivity index (χ4n) is 1.46. The molecule has 5 nitrogen and oxygen atoms in total. The lowest BCUT2D eigenvalue weighted by atomic mass is 10.2. The number of rotatable bonds is 6. The van der Waals surface area contributed by atoms with Crippen LogP contribution >= 0.6 is 11.8 Å². The van der Waals surface area contributed by atoms with Crippen LogP contribution in [0, 0.1) is 10.1 Å². The maximum absolute atomic E-state index is 10.6. The smallest absolute Gasteiger partial charge is 0.292 e. The fourth-order valence-corrected chi connectivity index (χ4v) is 2.05. The van der Waals surface area contributed by atoms with Crippen LogP contribution in [-0.2, 0) is 0 Å². The van der Waals surface area contributed by atoms with Gasteiger partial charge in [-0.15, -0.1) is 0 Å². The Morgan fingerprint density at radius 3 is 2.82 bits per heavy atom. The van der Waals surface area contributed by atoms with Gasteiger partial charge in [0.25, 0.3) is 5.69 Å². The van der Waals surface area contributed by atoms with E-state index in [0.717, 1.165) is 17.9 Å². The zero-order valence-corrected chi connectivity index (χ0v) is 10.8. The van der Waals surface area contributed by atoms with Crippen molar-refractivity contribution in [2.75, 3.05) is 23.1 Å². The normalized spacial score (nSPS) is 12.1. The highest BCUT2D eigenvalue weighted by Crippen LogP contribution is 2.25. The van der Waals surface area contributed by atoms with Crippen LogP contribution in [0.1, 0.15) is 13.3 Å². The molecule has 0 bridgehead atoms. The van der Waals surface area contributed by atoms with E-state index in [0.29, 0.717) is 6.04 Å². The summed E-state index contributed by atoms with van der Waals surface area (Å²) in [5, 5.41) is 13.9. The first-order chi connectivity index (χ1) is 8.04. The molecule has 0 saturated heterocycles. The topological polar surface area (TPSA) is 81.2 Å². The molecule has 17 heavy (non-hydrogen) atoms. The Morgan fingerprint density at radius 2 is 2.29 bits per heavy atom. The van der Waals surface area contributed by atoms with Gasteiger partial charge >= 0.3 is 0 Å². The number of anilines is 2. The van der Waals surface area contributed by atoms with Gasteiger partial charge in [0.15, 0.2) is 0 Å². The number of hydrogen-bond acceptors (Lipinski definition) is 5. The van der Waals surface area contributed by atoms with Gasteiger partial charge in [0.1, 0.15) is 5.69 Å². The molecular weight excluding hydrogens is 238 g/mol. The van der Waals surface area contributed by atoms with E-state index in [1.54, 1.807) is 23.9 Å². The number of nitro benzene ring substituents is 1. The molecule has 1 aromatic rings. The van der Waals surface area contributed by atoms with Gasteiger partial charge in [-0.25, -0.2) is 0 Å². The van der Waals surface area contributed by atoms with E-state index in [9.17, 15) is 10.1 Å². The third-order valence-electron chi connectivity index (χ3n) is 2.39. The number of hydrogen-bond donors (Lipinski definition) is 2. The number of nitrogens with one attached hydrogen (secondary N) is 1. The molecule has 1 aromatic carbocycles. The third-order valence-corrected chi connectivity index (χ3v) is 3.04. The van der Waals surface area contributed by atoms with Gasteiger partial charge in [-0.1, -0.05) is 0 Å². The van der Waals surface area contributed by atoms with E-state index < -0.39 is 4.92 Å². The first-order valence-corrected chi connectivity index (χ1v) is 6.73. The van der Waals surface area contributed by atoms with E-state index in [2.05, 4.69) is 18.5 Å². The van der Waals surface area contributed by atoms with E-state index in [1.165, 1.54) is 6.07 Å². The molecule has 0 heterocycles. The maximum atomic E-state index is 10.6. The predicted octanol–water partition coefficient (Wildman–Crippen LogP) is 2.73. The van der Waals surface area contributed by atoms with Gasteiger partial charge in [0, 0.05) is 17.8 Å². The minimum atomic E-state index is -0.476. The Bertz CT molecular complexity index is 398. The van der Waals surface area contributed by atoms with Crippen LogP contribution in [0.5, 0.6) is 0 Å². The standard InChI is InChI=1S/C11H17N3O2S/c1-8(5-6-17-2)13-9-3-4-11(14(15)16)10(12)7-9/h3-4,7-8,13H,5-6,12H2,1-2H3. The molecule has 0 saturated carbocycles. The largest absolute Gasteiger partial charge is 0.393 e. The summed E-state index contributed by atoms with van der Waals surface area (Å²) in [4.78, 5) is 10.1. The van der Waals surface area contributed by atoms with Gasteiger partial charge in [-0.05, 0) is 37.5 Å². The highest BCUT2D eigenvalue weighted by Gasteiger charge is 2.11. The van der Waals surface area contributed by atoms with Crippen molar-refractivity contribution in [1.29, 1.82) is 0 Å². The Kier molecular flexibility index (Phi) is 5.09. The summed E-state index contributed by atoms with van der Waals surface area (Å²) >= 11 is 1.80. The van der Waals surface area contributed by atoms with Gasteiger partial charge in [0.2, 0.25) is 0 Å². The summed E-state index contributed by atoms with van der Waals surface area (Å²) in [6, 6.07) is 5.04. The molecule has 0 amide bonds. The van der Waals surface area contributed by atoms with Crippen LogP contribution in [0.2, 0.25) is 0 Å². The monoisotopic (exact) mass is 255 g/mol. The lowest BCUT2D eigenvalue weighted by molar-refractivity contribution is -0.383. The molecule has 0 aliphatic heterocycles. The Labute approximate surface area is 105 Å². The predicted molar refractivity (Wildman–Crippen MR) is 73.6 cm³/mol. The minimum absolute atomic E-state index is 0.0488. The number of nitrogens with two attached hydrogens (primary N) is 1. The summed E-state index contributed by atoms with van der Waals surface area (Å²) in [5.74, 6) is 1.08. The third kappa shape index (κ3) is 4.14. The molecular formula is C11H17N3O2S. The second-order valence-electron chi connectivity index (χ2n) is 3.86. The first-order valence-electron chi connectivity index (χ1n) is 5.34. The lowest BCUT2D eigenvalue weighted by Crippen LogP contribution is -2.16. The molecule has 1 unspecified atom stereocenters. The van der Waals surface area contributed by atoms with Crippen molar-refractivity contribution in [2.24, 2.45) is 0 Å². The Hall–Kier alpha value is -1.43. The van der Waals surface area contributed by atoms with Crippen molar-refractivity contribution in [3.8, 4) is 0 Å². The minimum Gasteiger partial charge on any atom is -0.393 e. The van der Waals surface area contributed by atoms with E-state index in [4.69, 9.17) is 5.73 Å². The second-order valence-corrected chi connectivity index (χ2v) is 4.84. The van der Waals surface area contributed by atoms with Crippen LogP contribution in [0.25, 0.3) is 0 Å². The summed E-state index contributed by atoms with van der Waals surface area (Å²) in [7, 11) is 0. The maximum Gasteiger partial charge on any atom is 0.292 e. The van der Waals surface area contributed by atoms with Crippen molar-refractivity contribution in [2.45, 2.75) is 19.4 Å². The SMILES string of the molecule is CSCCC(C)Nc1ccc([N+](=O)[O-])c(N)c1. The summed E-state index contributed by atoms with van der Waals surface area (Å²) in [6.07, 6.45) is 3.11. The van der Waals surface area contributed by atoms with Gasteiger partial charge in [0.05, 0.1) is 4.92 Å². The zero-order valence-electron chi connectivity index (χ0n) is 9.97. The number of nitrogens with zero attached hydrogens (tertiary/aromatic N) is 1. The molecule has 0 aliphatic carbocycles. The van der Waals surface area contributed by atoms with Crippen LogP contribution in [0.3, 0.4) is 0 Å². The zero-order chi connectivity index (χ0) is 12.8. The molecule has 0 aliphatic rings.